The summed E-state index contributed by atoms with van der Waals surface area (Å²) in [5.74, 6) is 1.90. The van der Waals surface area contributed by atoms with E-state index in [1.165, 1.54) is 11.3 Å². The Morgan fingerprint density at radius 2 is 1.71 bits per heavy atom. The fourth-order valence-corrected chi connectivity index (χ4v) is 6.14. The van der Waals surface area contributed by atoms with Crippen molar-refractivity contribution in [1.82, 2.24) is 4.57 Å². The molecule has 0 saturated carbocycles. The smallest absolute Gasteiger partial charge is 0.338 e. The van der Waals surface area contributed by atoms with Gasteiger partial charge in [-0.15, -0.1) is 0 Å². The molecule has 1 unspecified atom stereocenters. The number of hydrogen-bond donors (Lipinski definition) is 0. The van der Waals surface area contributed by atoms with E-state index in [-0.39, 0.29) is 24.5 Å². The molecule has 1 aromatic heterocycles. The maximum atomic E-state index is 14.1. The zero-order valence-corrected chi connectivity index (χ0v) is 22.8. The first kappa shape index (κ1) is 25.2. The molecule has 3 aliphatic heterocycles. The fourth-order valence-electron chi connectivity index (χ4n) is 5.14. The first-order chi connectivity index (χ1) is 20.1. The lowest BCUT2D eigenvalue weighted by atomic mass is 9.93. The number of fused-ring (bicyclic) bond motifs is 3. The second kappa shape index (κ2) is 10.3. The van der Waals surface area contributed by atoms with E-state index in [1.807, 2.05) is 54.6 Å². The molecule has 0 amide bonds. The third kappa shape index (κ3) is 4.46. The van der Waals surface area contributed by atoms with E-state index in [2.05, 4.69) is 0 Å². The molecule has 10 heteroatoms. The fraction of sp³-hybridized carbons (Fsp3) is 0.194. The molecule has 41 heavy (non-hydrogen) atoms. The van der Waals surface area contributed by atoms with Gasteiger partial charge in [-0.3, -0.25) is 9.36 Å². The number of carbonyl (C=O) groups excluding carboxylic acids is 1. The molecular weight excluding hydrogens is 544 g/mol. The Hall–Kier alpha value is -4.83. The molecule has 0 fully saturated rings. The minimum atomic E-state index is -0.808. The van der Waals surface area contributed by atoms with Crippen molar-refractivity contribution in [2.75, 3.05) is 26.6 Å². The van der Waals surface area contributed by atoms with Gasteiger partial charge in [-0.1, -0.05) is 53.8 Å². The SMILES string of the molecule is CCOC(=O)C1=C(c2ccccc2)N=c2s/c(=C/c3ccc4c(c3)OCCO4)c(=O)n2C1c1ccc2c(c1)OCO2. The van der Waals surface area contributed by atoms with E-state index in [1.54, 1.807) is 29.7 Å². The molecule has 3 aliphatic rings. The van der Waals surface area contributed by atoms with Crippen molar-refractivity contribution >= 4 is 29.1 Å². The number of thiazole rings is 1. The van der Waals surface area contributed by atoms with Crippen molar-refractivity contribution in [3.63, 3.8) is 0 Å². The van der Waals surface area contributed by atoms with Crippen LogP contribution in [-0.4, -0.2) is 37.1 Å². The van der Waals surface area contributed by atoms with Crippen LogP contribution < -0.4 is 33.8 Å². The molecule has 0 bridgehead atoms. The van der Waals surface area contributed by atoms with Crippen LogP contribution in [0.5, 0.6) is 23.0 Å². The average molecular weight is 569 g/mol. The van der Waals surface area contributed by atoms with Crippen molar-refractivity contribution in [2.45, 2.75) is 13.0 Å². The Morgan fingerprint density at radius 3 is 2.54 bits per heavy atom. The highest BCUT2D eigenvalue weighted by Crippen LogP contribution is 2.40. The van der Waals surface area contributed by atoms with E-state index < -0.39 is 12.0 Å². The summed E-state index contributed by atoms with van der Waals surface area (Å²) in [6.45, 7) is 2.99. The number of aromatic nitrogens is 1. The predicted octanol–water partition coefficient (Wildman–Crippen LogP) is 3.44. The molecule has 7 rings (SSSR count). The topological polar surface area (TPSA) is 97.6 Å². The zero-order chi connectivity index (χ0) is 27.9. The number of carbonyl (C=O) groups is 1. The Bertz CT molecular complexity index is 1890. The molecule has 4 heterocycles. The van der Waals surface area contributed by atoms with Gasteiger partial charge in [-0.05, 0) is 48.4 Å². The Balaban J connectivity index is 1.47. The summed E-state index contributed by atoms with van der Waals surface area (Å²) in [7, 11) is 0. The van der Waals surface area contributed by atoms with E-state index in [0.29, 0.717) is 56.8 Å². The number of nitrogens with zero attached hydrogens (tertiary/aromatic N) is 2. The summed E-state index contributed by atoms with van der Waals surface area (Å²) in [6, 6.07) is 19.6. The molecule has 3 aromatic carbocycles. The number of rotatable bonds is 5. The molecule has 0 N–H and O–H groups in total. The molecular formula is C31H24N2O7S. The maximum absolute atomic E-state index is 14.1. The van der Waals surface area contributed by atoms with E-state index >= 15 is 0 Å². The van der Waals surface area contributed by atoms with Gasteiger partial charge in [0.25, 0.3) is 5.56 Å². The summed E-state index contributed by atoms with van der Waals surface area (Å²) >= 11 is 1.26. The molecule has 0 saturated heterocycles. The van der Waals surface area contributed by atoms with Gasteiger partial charge >= 0.3 is 5.97 Å². The van der Waals surface area contributed by atoms with Crippen molar-refractivity contribution in [3.05, 3.63) is 109 Å². The third-order valence-corrected chi connectivity index (χ3v) is 7.93. The molecule has 4 aromatic rings. The molecule has 1 atom stereocenters. The van der Waals surface area contributed by atoms with E-state index in [0.717, 1.165) is 11.1 Å². The maximum Gasteiger partial charge on any atom is 0.338 e. The summed E-state index contributed by atoms with van der Waals surface area (Å²) in [6.07, 6.45) is 1.80. The molecule has 0 aliphatic carbocycles. The van der Waals surface area contributed by atoms with Crippen LogP contribution in [0.25, 0.3) is 11.8 Å². The Morgan fingerprint density at radius 1 is 0.976 bits per heavy atom. The van der Waals surface area contributed by atoms with Crippen LogP contribution in [-0.2, 0) is 9.53 Å². The van der Waals surface area contributed by atoms with Gasteiger partial charge < -0.3 is 23.7 Å². The first-order valence-corrected chi connectivity index (χ1v) is 14.0. The van der Waals surface area contributed by atoms with Crippen LogP contribution in [0.3, 0.4) is 0 Å². The quantitative estimate of drug-likeness (QED) is 0.340. The standard InChI is InChI=1S/C31H24N2O7S/c1-2-36-30(35)26-27(19-6-4-3-5-7-19)32-31-33(28(26)20-9-11-22-24(16-20)40-17-39-22)29(34)25(41-31)15-18-8-10-21-23(14-18)38-13-12-37-21/h3-11,14-16,28H,2,12-13,17H2,1H3/b25-15+. The minimum absolute atomic E-state index is 0.104. The van der Waals surface area contributed by atoms with Crippen LogP contribution in [0.2, 0.25) is 0 Å². The van der Waals surface area contributed by atoms with Gasteiger partial charge in [0.2, 0.25) is 6.79 Å². The lowest BCUT2D eigenvalue weighted by molar-refractivity contribution is -0.138. The van der Waals surface area contributed by atoms with Gasteiger partial charge in [0.15, 0.2) is 27.8 Å². The highest BCUT2D eigenvalue weighted by molar-refractivity contribution is 7.07. The Labute approximate surface area is 238 Å². The molecule has 9 nitrogen and oxygen atoms in total. The van der Waals surface area contributed by atoms with Gasteiger partial charge in [0.1, 0.15) is 13.2 Å². The van der Waals surface area contributed by atoms with Gasteiger partial charge in [0.05, 0.1) is 28.5 Å². The highest BCUT2D eigenvalue weighted by Gasteiger charge is 2.36. The molecule has 206 valence electrons. The second-order valence-corrected chi connectivity index (χ2v) is 10.5. The van der Waals surface area contributed by atoms with Crippen LogP contribution in [0.1, 0.15) is 29.7 Å². The normalized spacial score (nSPS) is 17.2. The minimum Gasteiger partial charge on any atom is -0.486 e. The third-order valence-electron chi connectivity index (χ3n) is 6.95. The van der Waals surface area contributed by atoms with E-state index in [4.69, 9.17) is 28.7 Å². The molecule has 0 spiro atoms. The average Bonchev–Trinajstić information content (AvgIpc) is 3.60. The first-order valence-electron chi connectivity index (χ1n) is 13.2. The van der Waals surface area contributed by atoms with E-state index in [9.17, 15) is 9.59 Å². The lowest BCUT2D eigenvalue weighted by Crippen LogP contribution is -2.40. The second-order valence-electron chi connectivity index (χ2n) is 9.45. The lowest BCUT2D eigenvalue weighted by Gasteiger charge is -2.26. The largest absolute Gasteiger partial charge is 0.486 e. The van der Waals surface area contributed by atoms with Gasteiger partial charge in [0, 0.05) is 5.56 Å². The predicted molar refractivity (Wildman–Crippen MR) is 151 cm³/mol. The Kier molecular flexibility index (Phi) is 6.31. The number of esters is 1. The summed E-state index contributed by atoms with van der Waals surface area (Å²) in [5.41, 5.74) is 2.65. The van der Waals surface area contributed by atoms with Crippen molar-refractivity contribution in [2.24, 2.45) is 4.99 Å². The monoisotopic (exact) mass is 568 g/mol. The molecule has 0 radical (unpaired) electrons. The number of benzene rings is 3. The van der Waals surface area contributed by atoms with Crippen molar-refractivity contribution in [1.29, 1.82) is 0 Å². The van der Waals surface area contributed by atoms with Crippen LogP contribution >= 0.6 is 11.3 Å². The number of ether oxygens (including phenoxy) is 5. The summed E-state index contributed by atoms with van der Waals surface area (Å²) in [4.78, 5) is 33.0. The van der Waals surface area contributed by atoms with Crippen LogP contribution in [0.15, 0.2) is 82.1 Å². The highest BCUT2D eigenvalue weighted by atomic mass is 32.1. The van der Waals surface area contributed by atoms with Crippen LogP contribution in [0, 0.1) is 0 Å². The summed E-state index contributed by atoms with van der Waals surface area (Å²) < 4.78 is 30.1. The van der Waals surface area contributed by atoms with Crippen molar-refractivity contribution in [3.8, 4) is 23.0 Å². The zero-order valence-electron chi connectivity index (χ0n) is 22.0. The van der Waals surface area contributed by atoms with Crippen molar-refractivity contribution < 1.29 is 28.5 Å². The van der Waals surface area contributed by atoms with Gasteiger partial charge in [-0.25, -0.2) is 9.79 Å². The van der Waals surface area contributed by atoms with Gasteiger partial charge in [-0.2, -0.15) is 0 Å². The van der Waals surface area contributed by atoms with Crippen LogP contribution in [0.4, 0.5) is 0 Å². The number of hydrogen-bond acceptors (Lipinski definition) is 9. The summed E-state index contributed by atoms with van der Waals surface area (Å²) in [5, 5.41) is 0.